The standard InChI is InChI=1S/C8H9O2.Y/c1-2-6-3-4-7(9)5-8(6)10;/h2-5,9-10H,1H3;/q-1;. The minimum Gasteiger partial charge on any atom is -0.565 e. The summed E-state index contributed by atoms with van der Waals surface area (Å²) in [4.78, 5) is 0. The Bertz CT molecular complexity index is 236. The molecule has 0 bridgehead atoms. The van der Waals surface area contributed by atoms with Crippen molar-refractivity contribution >= 4 is 0 Å². The van der Waals surface area contributed by atoms with Crippen molar-refractivity contribution in [3.8, 4) is 11.5 Å². The summed E-state index contributed by atoms with van der Waals surface area (Å²) in [7, 11) is 0. The van der Waals surface area contributed by atoms with Crippen molar-refractivity contribution in [3.63, 3.8) is 0 Å². The molecule has 0 unspecified atom stereocenters. The Balaban J connectivity index is 0.000001000. The molecule has 1 radical (unpaired) electrons. The smallest absolute Gasteiger partial charge is 0.0945 e. The van der Waals surface area contributed by atoms with Gasteiger partial charge in [0.05, 0.1) is 5.75 Å². The minimum absolute atomic E-state index is 0. The quantitative estimate of drug-likeness (QED) is 0.715. The molecular formula is C8H9O2Y-. The van der Waals surface area contributed by atoms with Crippen LogP contribution < -0.4 is 0 Å². The van der Waals surface area contributed by atoms with Gasteiger partial charge in [-0.1, -0.05) is 13.0 Å². The van der Waals surface area contributed by atoms with Crippen LogP contribution in [0.3, 0.4) is 0 Å². The van der Waals surface area contributed by atoms with Gasteiger partial charge >= 0.3 is 0 Å². The molecule has 2 nitrogen and oxygen atoms in total. The molecule has 57 valence electrons. The van der Waals surface area contributed by atoms with Gasteiger partial charge in [-0.15, -0.1) is 0 Å². The average Bonchev–Trinajstić information content (AvgIpc) is 1.88. The van der Waals surface area contributed by atoms with Crippen LogP contribution in [0.25, 0.3) is 0 Å². The van der Waals surface area contributed by atoms with Crippen molar-refractivity contribution in [1.82, 2.24) is 0 Å². The summed E-state index contributed by atoms with van der Waals surface area (Å²) in [6.45, 7) is 1.83. The van der Waals surface area contributed by atoms with Gasteiger partial charge in [-0.05, 0) is 6.07 Å². The van der Waals surface area contributed by atoms with Crippen molar-refractivity contribution in [1.29, 1.82) is 0 Å². The Morgan fingerprint density at radius 1 is 1.27 bits per heavy atom. The molecule has 3 heteroatoms. The van der Waals surface area contributed by atoms with E-state index in [1.807, 2.05) is 6.92 Å². The predicted octanol–water partition coefficient (Wildman–Crippen LogP) is 1.67. The number of aromatic hydroxyl groups is 2. The Hall–Kier alpha value is -0.206. The van der Waals surface area contributed by atoms with Gasteiger partial charge in [-0.3, -0.25) is 0 Å². The van der Waals surface area contributed by atoms with Gasteiger partial charge in [-0.25, -0.2) is 0 Å². The molecule has 0 amide bonds. The normalized spacial score (nSPS) is 8.45. The monoisotopic (exact) mass is 226 g/mol. The van der Waals surface area contributed by atoms with Gasteiger partial charge in [-0.2, -0.15) is 18.1 Å². The molecular weight excluding hydrogens is 217 g/mol. The molecule has 1 rings (SSSR count). The van der Waals surface area contributed by atoms with Crippen LogP contribution in [0.4, 0.5) is 0 Å². The van der Waals surface area contributed by atoms with Crippen LogP contribution in [0.2, 0.25) is 0 Å². The Kier molecular flexibility index (Phi) is 4.54. The van der Waals surface area contributed by atoms with Crippen molar-refractivity contribution in [2.75, 3.05) is 0 Å². The van der Waals surface area contributed by atoms with E-state index in [2.05, 4.69) is 0 Å². The van der Waals surface area contributed by atoms with E-state index in [0.717, 1.165) is 5.56 Å². The van der Waals surface area contributed by atoms with E-state index in [4.69, 9.17) is 10.2 Å². The first-order valence-electron chi connectivity index (χ1n) is 3.05. The summed E-state index contributed by atoms with van der Waals surface area (Å²) in [5.41, 5.74) is 0.734. The van der Waals surface area contributed by atoms with E-state index in [-0.39, 0.29) is 44.2 Å². The largest absolute Gasteiger partial charge is 0.565 e. The fraction of sp³-hybridized carbons (Fsp3) is 0.125. The van der Waals surface area contributed by atoms with Crippen LogP contribution in [0.5, 0.6) is 11.5 Å². The molecule has 0 aliphatic rings. The van der Waals surface area contributed by atoms with E-state index in [0.29, 0.717) is 0 Å². The van der Waals surface area contributed by atoms with E-state index in [1.54, 1.807) is 12.5 Å². The first-order chi connectivity index (χ1) is 4.74. The van der Waals surface area contributed by atoms with Crippen molar-refractivity contribution in [2.45, 2.75) is 6.92 Å². The van der Waals surface area contributed by atoms with Crippen LogP contribution in [0, 0.1) is 6.42 Å². The number of hydrogen-bond acceptors (Lipinski definition) is 2. The second kappa shape index (κ2) is 4.63. The van der Waals surface area contributed by atoms with Crippen LogP contribution in [0.1, 0.15) is 12.5 Å². The van der Waals surface area contributed by atoms with Crippen LogP contribution >= 0.6 is 0 Å². The molecule has 0 heterocycles. The third-order valence-electron chi connectivity index (χ3n) is 1.33. The Labute approximate surface area is 91.1 Å². The van der Waals surface area contributed by atoms with Gasteiger partial charge in [0, 0.05) is 38.5 Å². The third-order valence-corrected chi connectivity index (χ3v) is 1.33. The van der Waals surface area contributed by atoms with E-state index in [1.165, 1.54) is 12.1 Å². The molecule has 0 aliphatic heterocycles. The first-order valence-corrected chi connectivity index (χ1v) is 3.05. The topological polar surface area (TPSA) is 40.5 Å². The molecule has 11 heavy (non-hydrogen) atoms. The summed E-state index contributed by atoms with van der Waals surface area (Å²) in [6, 6.07) is 4.51. The van der Waals surface area contributed by atoms with Crippen LogP contribution in [-0.2, 0) is 32.7 Å². The molecule has 0 aliphatic carbocycles. The summed E-state index contributed by atoms with van der Waals surface area (Å²) >= 11 is 0. The number of rotatable bonds is 1. The fourth-order valence-electron chi connectivity index (χ4n) is 0.776. The molecule has 0 aromatic heterocycles. The minimum atomic E-state index is 0. The molecule has 1 aromatic carbocycles. The molecule has 0 saturated carbocycles. The van der Waals surface area contributed by atoms with Gasteiger partial charge in [0.25, 0.3) is 0 Å². The zero-order valence-electron chi connectivity index (χ0n) is 6.28. The maximum atomic E-state index is 9.10. The van der Waals surface area contributed by atoms with Crippen LogP contribution in [0.15, 0.2) is 18.2 Å². The van der Waals surface area contributed by atoms with E-state index in [9.17, 15) is 0 Å². The van der Waals surface area contributed by atoms with Crippen LogP contribution in [-0.4, -0.2) is 10.2 Å². The summed E-state index contributed by atoms with van der Waals surface area (Å²) < 4.78 is 0. The molecule has 0 saturated heterocycles. The summed E-state index contributed by atoms with van der Waals surface area (Å²) in [5, 5.41) is 18.0. The molecule has 0 atom stereocenters. The number of hydrogen-bond donors (Lipinski definition) is 2. The maximum absolute atomic E-state index is 9.10. The first kappa shape index (κ1) is 10.8. The van der Waals surface area contributed by atoms with Crippen molar-refractivity contribution in [3.05, 3.63) is 30.2 Å². The van der Waals surface area contributed by atoms with Gasteiger partial charge < -0.3 is 10.2 Å². The van der Waals surface area contributed by atoms with Crippen molar-refractivity contribution < 1.29 is 42.9 Å². The average molecular weight is 226 g/mol. The zero-order chi connectivity index (χ0) is 7.56. The second-order valence-electron chi connectivity index (χ2n) is 2.03. The molecule has 0 fully saturated rings. The molecule has 2 N–H and O–H groups in total. The van der Waals surface area contributed by atoms with E-state index < -0.39 is 0 Å². The van der Waals surface area contributed by atoms with Gasteiger partial charge in [0.15, 0.2) is 0 Å². The number of phenols is 2. The third kappa shape index (κ3) is 2.72. The number of benzene rings is 1. The van der Waals surface area contributed by atoms with Crippen molar-refractivity contribution in [2.24, 2.45) is 0 Å². The summed E-state index contributed by atoms with van der Waals surface area (Å²) in [6.07, 6.45) is 1.77. The van der Waals surface area contributed by atoms with Gasteiger partial charge in [0.2, 0.25) is 0 Å². The Morgan fingerprint density at radius 2 is 1.91 bits per heavy atom. The fourth-order valence-corrected chi connectivity index (χ4v) is 0.776. The Morgan fingerprint density at radius 3 is 2.36 bits per heavy atom. The molecule has 0 spiro atoms. The second-order valence-corrected chi connectivity index (χ2v) is 2.03. The maximum Gasteiger partial charge on any atom is 0.0945 e. The predicted molar refractivity (Wildman–Crippen MR) is 38.8 cm³/mol. The van der Waals surface area contributed by atoms with E-state index >= 15 is 0 Å². The SMILES string of the molecule is C[CH-]c1ccc(O)cc1O.[Y]. The number of phenolic OH excluding ortho intramolecular Hbond substituents is 2. The molecule has 1 aromatic rings. The zero-order valence-corrected chi connectivity index (χ0v) is 9.12. The summed E-state index contributed by atoms with van der Waals surface area (Å²) in [5.74, 6) is 0.200. The van der Waals surface area contributed by atoms with Gasteiger partial charge in [0.1, 0.15) is 0 Å².